The number of ether oxygens (including phenoxy) is 1. The van der Waals surface area contributed by atoms with E-state index in [0.717, 1.165) is 0 Å². The SMILES string of the molecule is CP(O)[C@@H](Br)C[C@H](O)COC=O. The highest BCUT2D eigenvalue weighted by molar-refractivity contribution is 9.10. The smallest absolute Gasteiger partial charge is 0.293 e. The Morgan fingerprint density at radius 3 is 2.75 bits per heavy atom. The lowest BCUT2D eigenvalue weighted by Crippen LogP contribution is -2.18. The Labute approximate surface area is 80.9 Å². The van der Waals surface area contributed by atoms with Crippen LogP contribution in [-0.2, 0) is 9.53 Å². The molecule has 72 valence electrons. The minimum absolute atomic E-state index is 0.0191. The van der Waals surface area contributed by atoms with Gasteiger partial charge in [0, 0.05) is 8.15 Å². The van der Waals surface area contributed by atoms with Crippen LogP contribution in [0.1, 0.15) is 6.42 Å². The van der Waals surface area contributed by atoms with Gasteiger partial charge in [-0.3, -0.25) is 4.79 Å². The molecule has 0 aliphatic rings. The van der Waals surface area contributed by atoms with Crippen LogP contribution in [0, 0.1) is 0 Å². The average molecular weight is 259 g/mol. The van der Waals surface area contributed by atoms with Gasteiger partial charge in [0.1, 0.15) is 6.61 Å². The molecule has 0 amide bonds. The van der Waals surface area contributed by atoms with Crippen LogP contribution in [0.4, 0.5) is 0 Å². The molecule has 0 aliphatic carbocycles. The van der Waals surface area contributed by atoms with Crippen molar-refractivity contribution in [1.82, 2.24) is 0 Å². The fourth-order valence-electron chi connectivity index (χ4n) is 0.595. The van der Waals surface area contributed by atoms with Crippen molar-refractivity contribution in [2.75, 3.05) is 13.3 Å². The predicted octanol–water partition coefficient (Wildman–Crippen LogP) is 0.650. The Balaban J connectivity index is 3.53. The number of halogens is 1. The zero-order valence-electron chi connectivity index (χ0n) is 6.68. The van der Waals surface area contributed by atoms with E-state index in [0.29, 0.717) is 12.9 Å². The maximum Gasteiger partial charge on any atom is 0.293 e. The van der Waals surface area contributed by atoms with Gasteiger partial charge in [0.05, 0.1) is 10.7 Å². The first-order valence-corrected chi connectivity index (χ1v) is 6.09. The fourth-order valence-corrected chi connectivity index (χ4v) is 1.58. The Morgan fingerprint density at radius 1 is 1.75 bits per heavy atom. The summed E-state index contributed by atoms with van der Waals surface area (Å²) in [6.07, 6.45) is -0.330. The lowest BCUT2D eigenvalue weighted by molar-refractivity contribution is -0.131. The molecule has 0 aromatic rings. The second-order valence-electron chi connectivity index (χ2n) is 2.33. The van der Waals surface area contributed by atoms with Crippen molar-refractivity contribution in [2.45, 2.75) is 17.1 Å². The summed E-state index contributed by atoms with van der Waals surface area (Å²) in [4.78, 5) is 18.8. The molecule has 0 saturated carbocycles. The molecule has 0 radical (unpaired) electrons. The second-order valence-corrected chi connectivity index (χ2v) is 5.91. The maximum absolute atomic E-state index is 9.74. The second kappa shape index (κ2) is 6.78. The summed E-state index contributed by atoms with van der Waals surface area (Å²) in [5.74, 6) is 0. The molecule has 3 atom stereocenters. The summed E-state index contributed by atoms with van der Waals surface area (Å²) in [5, 5.41) is 9.18. The van der Waals surface area contributed by atoms with Gasteiger partial charge in [0.2, 0.25) is 0 Å². The van der Waals surface area contributed by atoms with Crippen molar-refractivity contribution in [3.63, 3.8) is 0 Å². The molecule has 0 aromatic carbocycles. The van der Waals surface area contributed by atoms with Crippen molar-refractivity contribution < 1.29 is 19.5 Å². The minimum Gasteiger partial charge on any atom is -0.465 e. The van der Waals surface area contributed by atoms with Gasteiger partial charge in [-0.1, -0.05) is 15.9 Å². The molecule has 0 spiro atoms. The van der Waals surface area contributed by atoms with E-state index in [1.807, 2.05) is 0 Å². The van der Waals surface area contributed by atoms with Gasteiger partial charge in [-0.05, 0) is 13.1 Å². The van der Waals surface area contributed by atoms with Gasteiger partial charge in [0.15, 0.2) is 0 Å². The van der Waals surface area contributed by atoms with E-state index < -0.39 is 14.3 Å². The predicted molar refractivity (Wildman–Crippen MR) is 50.4 cm³/mol. The maximum atomic E-state index is 9.74. The highest BCUT2D eigenvalue weighted by Gasteiger charge is 2.16. The number of aliphatic hydroxyl groups is 1. The van der Waals surface area contributed by atoms with Crippen molar-refractivity contribution >= 4 is 30.6 Å². The summed E-state index contributed by atoms with van der Waals surface area (Å²) in [5.41, 5.74) is 0. The summed E-state index contributed by atoms with van der Waals surface area (Å²) in [6.45, 7) is 1.96. The molecule has 0 aliphatic heterocycles. The summed E-state index contributed by atoms with van der Waals surface area (Å²) < 4.78 is 4.24. The number of aliphatic hydroxyl groups excluding tert-OH is 1. The number of rotatable bonds is 6. The number of hydrogen-bond donors (Lipinski definition) is 2. The lowest BCUT2D eigenvalue weighted by Gasteiger charge is -2.15. The molecule has 0 heterocycles. The Bertz CT molecular complexity index is 133. The quantitative estimate of drug-likeness (QED) is 0.417. The zero-order valence-corrected chi connectivity index (χ0v) is 9.16. The molecule has 1 unspecified atom stereocenters. The molecule has 0 fully saturated rings. The molecule has 0 bridgehead atoms. The van der Waals surface area contributed by atoms with E-state index in [2.05, 4.69) is 20.7 Å². The van der Waals surface area contributed by atoms with Gasteiger partial charge >= 0.3 is 0 Å². The van der Waals surface area contributed by atoms with Crippen molar-refractivity contribution in [3.8, 4) is 0 Å². The molecule has 6 heteroatoms. The van der Waals surface area contributed by atoms with Gasteiger partial charge in [-0.15, -0.1) is 0 Å². The monoisotopic (exact) mass is 258 g/mol. The standard InChI is InChI=1S/C6H12BrO4P/c1-12(10)6(7)2-5(9)3-11-4-8/h4-6,9-10H,2-3H2,1H3/t5-,6+,12?/m0/s1. The van der Waals surface area contributed by atoms with Crippen LogP contribution in [0.3, 0.4) is 0 Å². The normalized spacial score (nSPS) is 18.0. The van der Waals surface area contributed by atoms with Crippen LogP contribution in [0.25, 0.3) is 0 Å². The van der Waals surface area contributed by atoms with E-state index in [1.165, 1.54) is 0 Å². The first-order chi connectivity index (χ1) is 5.57. The molecule has 2 N–H and O–H groups in total. The molecular formula is C6H12BrO4P. The van der Waals surface area contributed by atoms with Crippen LogP contribution in [-0.4, -0.2) is 40.4 Å². The van der Waals surface area contributed by atoms with Crippen LogP contribution in [0.15, 0.2) is 0 Å². The fraction of sp³-hybridized carbons (Fsp3) is 0.833. The van der Waals surface area contributed by atoms with E-state index >= 15 is 0 Å². The van der Waals surface area contributed by atoms with Gasteiger partial charge in [0.25, 0.3) is 6.47 Å². The molecule has 0 saturated heterocycles. The number of alkyl halides is 1. The molecule has 4 nitrogen and oxygen atoms in total. The number of hydrogen-bond acceptors (Lipinski definition) is 4. The zero-order chi connectivity index (χ0) is 9.56. The topological polar surface area (TPSA) is 66.8 Å². The third-order valence-corrected chi connectivity index (χ3v) is 4.40. The van der Waals surface area contributed by atoms with Crippen LogP contribution in [0.2, 0.25) is 0 Å². The summed E-state index contributed by atoms with van der Waals surface area (Å²) in [7, 11) is -1.10. The molecule has 0 aromatic heterocycles. The van der Waals surface area contributed by atoms with Gasteiger partial charge < -0.3 is 14.7 Å². The summed E-state index contributed by atoms with van der Waals surface area (Å²) in [6, 6.07) is 0. The third-order valence-electron chi connectivity index (χ3n) is 1.23. The van der Waals surface area contributed by atoms with Crippen LogP contribution >= 0.6 is 24.1 Å². The highest BCUT2D eigenvalue weighted by Crippen LogP contribution is 2.38. The van der Waals surface area contributed by atoms with E-state index in [4.69, 9.17) is 4.89 Å². The largest absolute Gasteiger partial charge is 0.465 e. The summed E-state index contributed by atoms with van der Waals surface area (Å²) >= 11 is 3.21. The van der Waals surface area contributed by atoms with Crippen molar-refractivity contribution in [3.05, 3.63) is 0 Å². The van der Waals surface area contributed by atoms with E-state index in [-0.39, 0.29) is 11.2 Å². The van der Waals surface area contributed by atoms with Gasteiger partial charge in [-0.25, -0.2) is 0 Å². The average Bonchev–Trinajstić information content (AvgIpc) is 2.00. The van der Waals surface area contributed by atoms with E-state index in [1.54, 1.807) is 6.66 Å². The third kappa shape index (κ3) is 5.89. The molecule has 12 heavy (non-hydrogen) atoms. The van der Waals surface area contributed by atoms with E-state index in [9.17, 15) is 9.90 Å². The molecule has 0 rings (SSSR count). The Kier molecular flexibility index (Phi) is 6.95. The number of carbonyl (C=O) groups excluding carboxylic acids is 1. The Morgan fingerprint density at radius 2 is 2.33 bits per heavy atom. The first-order valence-electron chi connectivity index (χ1n) is 3.37. The van der Waals surface area contributed by atoms with Crippen molar-refractivity contribution in [2.24, 2.45) is 0 Å². The number of carbonyl (C=O) groups is 1. The highest BCUT2D eigenvalue weighted by atomic mass is 79.9. The van der Waals surface area contributed by atoms with Gasteiger partial charge in [-0.2, -0.15) is 0 Å². The minimum atomic E-state index is -1.10. The van der Waals surface area contributed by atoms with Crippen LogP contribution < -0.4 is 0 Å². The van der Waals surface area contributed by atoms with Crippen LogP contribution in [0.5, 0.6) is 0 Å². The van der Waals surface area contributed by atoms with Crippen molar-refractivity contribution in [1.29, 1.82) is 0 Å². The molecular weight excluding hydrogens is 247 g/mol. The lowest BCUT2D eigenvalue weighted by atomic mass is 10.3. The Hall–Kier alpha value is 0.300. The first kappa shape index (κ1) is 12.3.